The Labute approximate surface area is 114 Å². The zero-order valence-electron chi connectivity index (χ0n) is 10.0. The molecule has 0 aliphatic carbocycles. The molecule has 0 amide bonds. The Kier molecular flexibility index (Phi) is 8.35. The average Bonchev–Trinajstić information content (AvgIpc) is 2.21. The lowest BCUT2D eigenvalue weighted by molar-refractivity contribution is -0.00000605. The summed E-state index contributed by atoms with van der Waals surface area (Å²) in [6.45, 7) is 5.55. The molecule has 0 radical (unpaired) electrons. The van der Waals surface area contributed by atoms with E-state index in [1.807, 2.05) is 25.1 Å². The molecule has 0 heterocycles. The highest BCUT2D eigenvalue weighted by Crippen LogP contribution is 2.25. The molecule has 0 aliphatic rings. The summed E-state index contributed by atoms with van der Waals surface area (Å²) in [5, 5.41) is 12.8. The summed E-state index contributed by atoms with van der Waals surface area (Å²) in [5.41, 5.74) is 1.08. The average molecular weight is 279 g/mol. The van der Waals surface area contributed by atoms with E-state index in [0.717, 1.165) is 5.56 Å². The van der Waals surface area contributed by atoms with Gasteiger partial charge < -0.3 is 27.6 Å². The SMILES string of the molecule is CCOc1ccc(CNCC(C)O)cc1Cl.[Cl-]. The van der Waals surface area contributed by atoms with Crippen molar-refractivity contribution in [3.63, 3.8) is 0 Å². The fourth-order valence-electron chi connectivity index (χ4n) is 1.35. The highest BCUT2D eigenvalue weighted by atomic mass is 35.5. The van der Waals surface area contributed by atoms with Crippen LogP contribution in [0, 0.1) is 0 Å². The van der Waals surface area contributed by atoms with Gasteiger partial charge in [-0.1, -0.05) is 17.7 Å². The molecule has 5 heteroatoms. The van der Waals surface area contributed by atoms with E-state index in [9.17, 15) is 0 Å². The zero-order valence-corrected chi connectivity index (χ0v) is 11.6. The predicted octanol–water partition coefficient (Wildman–Crippen LogP) is -0.787. The molecule has 0 spiro atoms. The molecular formula is C12H18Cl2NO2-. The number of benzene rings is 1. The second kappa shape index (κ2) is 8.59. The Hall–Kier alpha value is -0.480. The van der Waals surface area contributed by atoms with Gasteiger partial charge in [0.1, 0.15) is 5.75 Å². The number of ether oxygens (including phenoxy) is 1. The van der Waals surface area contributed by atoms with Crippen LogP contribution in [0.5, 0.6) is 5.75 Å². The number of nitrogens with one attached hydrogen (secondary N) is 1. The number of hydrogen-bond donors (Lipinski definition) is 2. The molecule has 1 aromatic carbocycles. The molecule has 1 unspecified atom stereocenters. The van der Waals surface area contributed by atoms with Crippen molar-refractivity contribution in [2.75, 3.05) is 13.2 Å². The molecule has 0 aliphatic heterocycles. The lowest BCUT2D eigenvalue weighted by atomic mass is 10.2. The molecular weight excluding hydrogens is 261 g/mol. The Balaban J connectivity index is 0.00000256. The highest BCUT2D eigenvalue weighted by Gasteiger charge is 2.02. The minimum atomic E-state index is -0.335. The lowest BCUT2D eigenvalue weighted by Crippen LogP contribution is -3.00. The van der Waals surface area contributed by atoms with E-state index in [1.54, 1.807) is 6.92 Å². The molecule has 0 aromatic heterocycles. The normalized spacial score (nSPS) is 11.8. The maximum atomic E-state index is 9.09. The monoisotopic (exact) mass is 278 g/mol. The summed E-state index contributed by atoms with van der Waals surface area (Å²) in [7, 11) is 0. The maximum absolute atomic E-state index is 9.09. The molecule has 1 atom stereocenters. The molecule has 0 saturated carbocycles. The van der Waals surface area contributed by atoms with Crippen LogP contribution in [0.2, 0.25) is 5.02 Å². The third-order valence-corrected chi connectivity index (χ3v) is 2.36. The summed E-state index contributed by atoms with van der Waals surface area (Å²) in [4.78, 5) is 0. The van der Waals surface area contributed by atoms with Crippen molar-refractivity contribution >= 4 is 11.6 Å². The van der Waals surface area contributed by atoms with Crippen LogP contribution in [0.25, 0.3) is 0 Å². The van der Waals surface area contributed by atoms with Gasteiger partial charge in [-0.05, 0) is 31.5 Å². The van der Waals surface area contributed by atoms with Crippen LogP contribution >= 0.6 is 11.6 Å². The second-order valence-corrected chi connectivity index (χ2v) is 4.08. The topological polar surface area (TPSA) is 41.5 Å². The smallest absolute Gasteiger partial charge is 0.137 e. The van der Waals surface area contributed by atoms with Crippen LogP contribution in [0.3, 0.4) is 0 Å². The molecule has 2 N–H and O–H groups in total. The summed E-state index contributed by atoms with van der Waals surface area (Å²) in [6, 6.07) is 5.71. The van der Waals surface area contributed by atoms with Gasteiger partial charge in [-0.2, -0.15) is 0 Å². The minimum absolute atomic E-state index is 0. The van der Waals surface area contributed by atoms with Gasteiger partial charge >= 0.3 is 0 Å². The number of halogens is 2. The van der Waals surface area contributed by atoms with Crippen LogP contribution in [-0.4, -0.2) is 24.4 Å². The zero-order chi connectivity index (χ0) is 12.0. The van der Waals surface area contributed by atoms with E-state index in [-0.39, 0.29) is 18.5 Å². The summed E-state index contributed by atoms with van der Waals surface area (Å²) in [5.74, 6) is 0.712. The van der Waals surface area contributed by atoms with Crippen molar-refractivity contribution in [1.29, 1.82) is 0 Å². The Morgan fingerprint density at radius 1 is 1.47 bits per heavy atom. The van der Waals surface area contributed by atoms with Crippen molar-refractivity contribution in [3.05, 3.63) is 28.8 Å². The quantitative estimate of drug-likeness (QED) is 0.717. The van der Waals surface area contributed by atoms with E-state index < -0.39 is 0 Å². The van der Waals surface area contributed by atoms with Crippen LogP contribution in [-0.2, 0) is 6.54 Å². The van der Waals surface area contributed by atoms with E-state index in [1.165, 1.54) is 0 Å². The van der Waals surface area contributed by atoms with Crippen LogP contribution < -0.4 is 22.5 Å². The molecule has 17 heavy (non-hydrogen) atoms. The third-order valence-electron chi connectivity index (χ3n) is 2.07. The summed E-state index contributed by atoms with van der Waals surface area (Å²) >= 11 is 6.05. The molecule has 0 saturated heterocycles. The van der Waals surface area contributed by atoms with Crippen molar-refractivity contribution < 1.29 is 22.3 Å². The van der Waals surface area contributed by atoms with Crippen molar-refractivity contribution in [2.45, 2.75) is 26.5 Å². The van der Waals surface area contributed by atoms with E-state index >= 15 is 0 Å². The van der Waals surface area contributed by atoms with Crippen molar-refractivity contribution in [3.8, 4) is 5.75 Å². The molecule has 0 fully saturated rings. The Morgan fingerprint density at radius 3 is 2.71 bits per heavy atom. The van der Waals surface area contributed by atoms with Crippen LogP contribution in [0.15, 0.2) is 18.2 Å². The molecule has 98 valence electrons. The van der Waals surface area contributed by atoms with Gasteiger partial charge in [0.15, 0.2) is 0 Å². The van der Waals surface area contributed by atoms with Crippen molar-refractivity contribution in [2.24, 2.45) is 0 Å². The fraction of sp³-hybridized carbons (Fsp3) is 0.500. The van der Waals surface area contributed by atoms with Gasteiger partial charge in [0.2, 0.25) is 0 Å². The van der Waals surface area contributed by atoms with Gasteiger partial charge in [-0.3, -0.25) is 0 Å². The first-order valence-corrected chi connectivity index (χ1v) is 5.81. The Morgan fingerprint density at radius 2 is 2.18 bits per heavy atom. The summed E-state index contributed by atoms with van der Waals surface area (Å²) < 4.78 is 5.34. The Bertz CT molecular complexity index is 332. The van der Waals surface area contributed by atoms with Crippen molar-refractivity contribution in [1.82, 2.24) is 5.32 Å². The lowest BCUT2D eigenvalue weighted by Gasteiger charge is -2.09. The highest BCUT2D eigenvalue weighted by molar-refractivity contribution is 6.32. The standard InChI is InChI=1S/C12H18ClNO2.ClH/c1-3-16-12-5-4-10(6-11(12)13)8-14-7-9(2)15;/h4-6,9,14-15H,3,7-8H2,1-2H3;1H/p-1. The first kappa shape index (κ1) is 16.5. The van der Waals surface area contributed by atoms with Crippen LogP contribution in [0.1, 0.15) is 19.4 Å². The molecule has 1 aromatic rings. The van der Waals surface area contributed by atoms with Crippen LogP contribution in [0.4, 0.5) is 0 Å². The molecule has 0 bridgehead atoms. The second-order valence-electron chi connectivity index (χ2n) is 3.68. The van der Waals surface area contributed by atoms with E-state index in [0.29, 0.717) is 30.5 Å². The first-order valence-electron chi connectivity index (χ1n) is 5.43. The largest absolute Gasteiger partial charge is 1.00 e. The number of aliphatic hydroxyl groups excluding tert-OH is 1. The van der Waals surface area contributed by atoms with Gasteiger partial charge in [0.25, 0.3) is 0 Å². The van der Waals surface area contributed by atoms with Gasteiger partial charge in [-0.15, -0.1) is 0 Å². The predicted molar refractivity (Wildman–Crippen MR) is 66.0 cm³/mol. The number of rotatable bonds is 6. The number of aliphatic hydroxyl groups is 1. The van der Waals surface area contributed by atoms with Gasteiger partial charge in [-0.25, -0.2) is 0 Å². The number of hydrogen-bond acceptors (Lipinski definition) is 3. The van der Waals surface area contributed by atoms with Gasteiger partial charge in [0.05, 0.1) is 17.7 Å². The van der Waals surface area contributed by atoms with Gasteiger partial charge in [0, 0.05) is 13.1 Å². The third kappa shape index (κ3) is 6.13. The van der Waals surface area contributed by atoms with E-state index in [2.05, 4.69) is 5.32 Å². The fourth-order valence-corrected chi connectivity index (χ4v) is 1.61. The first-order chi connectivity index (χ1) is 7.63. The molecule has 3 nitrogen and oxygen atoms in total. The summed E-state index contributed by atoms with van der Waals surface area (Å²) in [6.07, 6.45) is -0.335. The van der Waals surface area contributed by atoms with E-state index in [4.69, 9.17) is 21.4 Å². The molecule has 1 rings (SSSR count). The maximum Gasteiger partial charge on any atom is 0.137 e. The minimum Gasteiger partial charge on any atom is -1.00 e.